The highest BCUT2D eigenvalue weighted by atomic mass is 32.2. The van der Waals surface area contributed by atoms with Gasteiger partial charge in [0.05, 0.1) is 5.25 Å². The summed E-state index contributed by atoms with van der Waals surface area (Å²) in [6.07, 6.45) is 3.39. The van der Waals surface area contributed by atoms with Crippen LogP contribution in [-0.4, -0.2) is 51.2 Å². The van der Waals surface area contributed by atoms with Gasteiger partial charge in [0, 0.05) is 37.9 Å². The molecule has 0 heterocycles. The lowest BCUT2D eigenvalue weighted by Gasteiger charge is -2.29. The minimum absolute atomic E-state index is 0.00728. The van der Waals surface area contributed by atoms with Crippen molar-refractivity contribution in [1.82, 2.24) is 9.62 Å². The molecule has 1 aliphatic rings. The highest BCUT2D eigenvalue weighted by Crippen LogP contribution is 2.26. The average molecular weight is 400 g/mol. The van der Waals surface area contributed by atoms with E-state index in [0.717, 1.165) is 25.7 Å². The molecule has 1 aromatic rings. The number of halogens is 1. The molecule has 0 bridgehead atoms. The Balaban J connectivity index is 1.88. The van der Waals surface area contributed by atoms with E-state index in [-0.39, 0.29) is 11.9 Å². The molecular formula is C19H30FN3O3S. The normalized spacial score (nSPS) is 20.5. The van der Waals surface area contributed by atoms with Crippen molar-refractivity contribution >= 4 is 21.6 Å². The number of amides is 1. The third-order valence-corrected chi connectivity index (χ3v) is 6.85. The Morgan fingerprint density at radius 2 is 1.81 bits per heavy atom. The summed E-state index contributed by atoms with van der Waals surface area (Å²) in [5.74, 6) is -0.298. The van der Waals surface area contributed by atoms with Gasteiger partial charge in [0.1, 0.15) is 5.82 Å². The van der Waals surface area contributed by atoms with Gasteiger partial charge in [-0.1, -0.05) is 0 Å². The van der Waals surface area contributed by atoms with Gasteiger partial charge in [0.15, 0.2) is 0 Å². The maximum atomic E-state index is 13.8. The van der Waals surface area contributed by atoms with E-state index < -0.39 is 21.1 Å². The van der Waals surface area contributed by atoms with Gasteiger partial charge >= 0.3 is 0 Å². The minimum Gasteiger partial charge on any atom is -0.385 e. The first-order valence-corrected chi connectivity index (χ1v) is 10.9. The fourth-order valence-electron chi connectivity index (χ4n) is 3.19. The topological polar surface area (TPSA) is 78.5 Å². The summed E-state index contributed by atoms with van der Waals surface area (Å²) in [5.41, 5.74) is 0.900. The summed E-state index contributed by atoms with van der Waals surface area (Å²) < 4.78 is 40.5. The van der Waals surface area contributed by atoms with Gasteiger partial charge in [0.2, 0.25) is 10.0 Å². The van der Waals surface area contributed by atoms with Crippen molar-refractivity contribution < 1.29 is 17.6 Å². The number of rotatable bonds is 7. The van der Waals surface area contributed by atoms with Crippen molar-refractivity contribution in [2.24, 2.45) is 5.92 Å². The van der Waals surface area contributed by atoms with Gasteiger partial charge in [-0.15, -0.1) is 0 Å². The van der Waals surface area contributed by atoms with E-state index in [1.54, 1.807) is 34.0 Å². The molecule has 27 heavy (non-hydrogen) atoms. The Labute approximate surface area is 161 Å². The van der Waals surface area contributed by atoms with Crippen LogP contribution in [0.4, 0.5) is 10.1 Å². The van der Waals surface area contributed by atoms with Crippen LogP contribution in [-0.2, 0) is 10.0 Å². The summed E-state index contributed by atoms with van der Waals surface area (Å²) in [5, 5.41) is 2.79. The maximum Gasteiger partial charge on any atom is 0.253 e. The van der Waals surface area contributed by atoms with Gasteiger partial charge in [-0.3, -0.25) is 4.79 Å². The Kier molecular flexibility index (Phi) is 7.22. The molecule has 0 saturated heterocycles. The Morgan fingerprint density at radius 1 is 1.19 bits per heavy atom. The van der Waals surface area contributed by atoms with Gasteiger partial charge in [-0.05, 0) is 63.6 Å². The smallest absolute Gasteiger partial charge is 0.253 e. The fourth-order valence-corrected chi connectivity index (χ4v) is 4.16. The van der Waals surface area contributed by atoms with Crippen molar-refractivity contribution in [1.29, 1.82) is 0 Å². The van der Waals surface area contributed by atoms with Gasteiger partial charge < -0.3 is 10.2 Å². The lowest BCUT2D eigenvalue weighted by atomic mass is 9.86. The zero-order valence-electron chi connectivity index (χ0n) is 16.5. The second-order valence-electron chi connectivity index (χ2n) is 7.74. The zero-order chi connectivity index (χ0) is 20.2. The first-order valence-electron chi connectivity index (χ1n) is 9.35. The van der Waals surface area contributed by atoms with Crippen LogP contribution in [0.25, 0.3) is 0 Å². The van der Waals surface area contributed by atoms with Crippen LogP contribution in [0.3, 0.4) is 0 Å². The van der Waals surface area contributed by atoms with E-state index in [0.29, 0.717) is 23.7 Å². The number of hydrogen-bond acceptors (Lipinski definition) is 4. The predicted molar refractivity (Wildman–Crippen MR) is 106 cm³/mol. The van der Waals surface area contributed by atoms with E-state index in [2.05, 4.69) is 10.0 Å². The van der Waals surface area contributed by atoms with Crippen molar-refractivity contribution in [3.05, 3.63) is 29.6 Å². The Morgan fingerprint density at radius 3 is 2.37 bits per heavy atom. The third kappa shape index (κ3) is 6.17. The number of carbonyl (C=O) groups excluding carboxylic acids is 1. The molecule has 1 aromatic carbocycles. The molecule has 8 heteroatoms. The standard InChI is InChI=1S/C19H30FN3O3S/c1-13(2)27(25,26)22-17-7-5-14(6-8-17)12-21-18-10-15(9-16(20)11-18)19(24)23(3)4/h9-11,13-14,17,21-22H,5-8,12H2,1-4H3/t14-,17-. The molecule has 2 rings (SSSR count). The number of nitrogens with one attached hydrogen (secondary N) is 2. The van der Waals surface area contributed by atoms with Crippen molar-refractivity contribution in [2.45, 2.75) is 50.8 Å². The minimum atomic E-state index is -3.24. The monoisotopic (exact) mass is 399 g/mol. The van der Waals surface area contributed by atoms with Crippen LogP contribution >= 0.6 is 0 Å². The van der Waals surface area contributed by atoms with Gasteiger partial charge in [-0.25, -0.2) is 17.5 Å². The number of anilines is 1. The molecule has 0 radical (unpaired) electrons. The summed E-state index contributed by atoms with van der Waals surface area (Å²) >= 11 is 0. The molecule has 6 nitrogen and oxygen atoms in total. The highest BCUT2D eigenvalue weighted by molar-refractivity contribution is 7.90. The van der Waals surface area contributed by atoms with E-state index in [4.69, 9.17) is 0 Å². The molecule has 1 amide bonds. The number of sulfonamides is 1. The molecule has 0 aromatic heterocycles. The molecular weight excluding hydrogens is 369 g/mol. The molecule has 0 aliphatic heterocycles. The van der Waals surface area contributed by atoms with Crippen molar-refractivity contribution in [2.75, 3.05) is 26.0 Å². The summed E-state index contributed by atoms with van der Waals surface area (Å²) in [6.45, 7) is 4.01. The molecule has 0 spiro atoms. The molecule has 1 saturated carbocycles. The van der Waals surface area contributed by atoms with Crippen molar-refractivity contribution in [3.63, 3.8) is 0 Å². The van der Waals surface area contributed by atoms with Gasteiger partial charge in [0.25, 0.3) is 5.91 Å². The molecule has 152 valence electrons. The van der Waals surface area contributed by atoms with E-state index >= 15 is 0 Å². The van der Waals surface area contributed by atoms with E-state index in [9.17, 15) is 17.6 Å². The lowest BCUT2D eigenvalue weighted by Crippen LogP contribution is -2.41. The first-order chi connectivity index (χ1) is 12.6. The maximum absolute atomic E-state index is 13.8. The van der Waals surface area contributed by atoms with E-state index in [1.165, 1.54) is 17.0 Å². The van der Waals surface area contributed by atoms with Crippen LogP contribution in [0.1, 0.15) is 49.9 Å². The van der Waals surface area contributed by atoms with Crippen LogP contribution < -0.4 is 10.0 Å². The quantitative estimate of drug-likeness (QED) is 0.739. The number of carbonyl (C=O) groups is 1. The summed E-state index contributed by atoms with van der Waals surface area (Å²) in [6, 6.07) is 4.27. The summed E-state index contributed by atoms with van der Waals surface area (Å²) in [4.78, 5) is 13.4. The van der Waals surface area contributed by atoms with E-state index in [1.807, 2.05) is 0 Å². The van der Waals surface area contributed by atoms with Crippen LogP contribution in [0.15, 0.2) is 18.2 Å². The number of benzene rings is 1. The Bertz CT molecular complexity index is 757. The SMILES string of the molecule is CC(C)S(=O)(=O)N[C@H]1CC[C@H](CNc2cc(F)cc(C(=O)N(C)C)c2)CC1. The highest BCUT2D eigenvalue weighted by Gasteiger charge is 2.26. The second kappa shape index (κ2) is 9.01. The van der Waals surface area contributed by atoms with Crippen LogP contribution in [0.2, 0.25) is 0 Å². The molecule has 2 N–H and O–H groups in total. The zero-order valence-corrected chi connectivity index (χ0v) is 17.3. The fraction of sp³-hybridized carbons (Fsp3) is 0.632. The van der Waals surface area contributed by atoms with Crippen LogP contribution in [0, 0.1) is 11.7 Å². The number of hydrogen-bond donors (Lipinski definition) is 2. The predicted octanol–water partition coefficient (Wildman–Crippen LogP) is 2.83. The largest absolute Gasteiger partial charge is 0.385 e. The summed E-state index contributed by atoms with van der Waals surface area (Å²) in [7, 11) is 0.0240. The van der Waals surface area contributed by atoms with Crippen molar-refractivity contribution in [3.8, 4) is 0 Å². The average Bonchev–Trinajstić information content (AvgIpc) is 2.59. The molecule has 1 fully saturated rings. The lowest BCUT2D eigenvalue weighted by molar-refractivity contribution is 0.0827. The number of nitrogens with zero attached hydrogens (tertiary/aromatic N) is 1. The first kappa shape index (κ1) is 21.6. The second-order valence-corrected chi connectivity index (χ2v) is 10.0. The van der Waals surface area contributed by atoms with Crippen LogP contribution in [0.5, 0.6) is 0 Å². The Hall–Kier alpha value is -1.67. The van der Waals surface area contributed by atoms with Gasteiger partial charge in [-0.2, -0.15) is 0 Å². The molecule has 0 unspecified atom stereocenters. The third-order valence-electron chi connectivity index (χ3n) is 4.94. The molecule has 0 atom stereocenters. The molecule has 1 aliphatic carbocycles.